The van der Waals surface area contributed by atoms with Gasteiger partial charge in [0.05, 0.1) is 12.7 Å². The van der Waals surface area contributed by atoms with Crippen molar-refractivity contribution < 1.29 is 9.53 Å². The smallest absolute Gasteiger partial charge is 0.255 e. The number of aryl methyl sites for hydroxylation is 1. The molecule has 4 heteroatoms. The topological polar surface area (TPSA) is 42.4 Å². The predicted octanol–water partition coefficient (Wildman–Crippen LogP) is 3.20. The van der Waals surface area contributed by atoms with Crippen LogP contribution in [-0.4, -0.2) is 28.9 Å². The number of pyridine rings is 1. The molecule has 0 atom stereocenters. The summed E-state index contributed by atoms with van der Waals surface area (Å²) in [4.78, 5) is 18.9. The van der Waals surface area contributed by atoms with Crippen LogP contribution in [0.5, 0.6) is 5.75 Å². The summed E-state index contributed by atoms with van der Waals surface area (Å²) in [6.07, 6.45) is 3.84. The molecule has 0 unspecified atom stereocenters. The van der Waals surface area contributed by atoms with E-state index >= 15 is 0 Å². The number of hydrogen-bond acceptors (Lipinski definition) is 3. The van der Waals surface area contributed by atoms with Crippen molar-refractivity contribution in [2.75, 3.05) is 7.11 Å². The van der Waals surface area contributed by atoms with E-state index in [2.05, 4.69) is 4.98 Å². The fraction of sp³-hybridized carbons (Fsp3) is 0.333. The molecule has 0 radical (unpaired) electrons. The van der Waals surface area contributed by atoms with Crippen LogP contribution in [0.1, 0.15) is 34.5 Å². The van der Waals surface area contributed by atoms with Crippen LogP contribution < -0.4 is 4.74 Å². The highest BCUT2D eigenvalue weighted by molar-refractivity contribution is 5.94. The average Bonchev–Trinajstić information content (AvgIpc) is 3.38. The lowest BCUT2D eigenvalue weighted by Crippen LogP contribution is -2.32. The summed E-state index contributed by atoms with van der Waals surface area (Å²) in [5.41, 5.74) is 2.69. The Kier molecular flexibility index (Phi) is 4.09. The molecule has 1 aliphatic rings. The Balaban J connectivity index is 1.77. The fourth-order valence-corrected chi connectivity index (χ4v) is 2.44. The molecular weight excluding hydrogens is 276 g/mol. The van der Waals surface area contributed by atoms with Crippen LogP contribution in [-0.2, 0) is 6.54 Å². The summed E-state index contributed by atoms with van der Waals surface area (Å²) in [6, 6.07) is 12.0. The third kappa shape index (κ3) is 3.27. The highest BCUT2D eigenvalue weighted by Crippen LogP contribution is 2.30. The molecule has 0 aliphatic heterocycles. The van der Waals surface area contributed by atoms with Gasteiger partial charge in [-0.2, -0.15) is 0 Å². The van der Waals surface area contributed by atoms with Crippen LogP contribution in [0.4, 0.5) is 0 Å². The predicted molar refractivity (Wildman–Crippen MR) is 84.9 cm³/mol. The van der Waals surface area contributed by atoms with Crippen molar-refractivity contribution in [2.24, 2.45) is 0 Å². The van der Waals surface area contributed by atoms with E-state index in [0.717, 1.165) is 29.8 Å². The van der Waals surface area contributed by atoms with Gasteiger partial charge in [0.2, 0.25) is 0 Å². The lowest BCUT2D eigenvalue weighted by molar-refractivity contribution is 0.0729. The van der Waals surface area contributed by atoms with Crippen LogP contribution >= 0.6 is 0 Å². The van der Waals surface area contributed by atoms with Crippen molar-refractivity contribution in [3.05, 3.63) is 59.4 Å². The molecule has 0 N–H and O–H groups in total. The van der Waals surface area contributed by atoms with E-state index in [1.807, 2.05) is 48.2 Å². The largest absolute Gasteiger partial charge is 0.497 e. The van der Waals surface area contributed by atoms with E-state index in [1.54, 1.807) is 13.3 Å². The van der Waals surface area contributed by atoms with Crippen molar-refractivity contribution in [3.8, 4) is 5.75 Å². The molecule has 1 amide bonds. The molecule has 1 saturated carbocycles. The van der Waals surface area contributed by atoms with E-state index in [4.69, 9.17) is 4.74 Å². The van der Waals surface area contributed by atoms with Crippen molar-refractivity contribution in [1.29, 1.82) is 0 Å². The molecule has 1 aliphatic carbocycles. The molecule has 1 fully saturated rings. The minimum atomic E-state index is 0.0609. The molecular formula is C18H20N2O2. The number of hydrogen-bond donors (Lipinski definition) is 0. The lowest BCUT2D eigenvalue weighted by Gasteiger charge is -2.22. The first-order valence-electron chi connectivity index (χ1n) is 7.54. The number of ether oxygens (including phenoxy) is 1. The van der Waals surface area contributed by atoms with Gasteiger partial charge in [-0.15, -0.1) is 0 Å². The molecule has 1 heterocycles. The van der Waals surface area contributed by atoms with Crippen LogP contribution in [0.2, 0.25) is 0 Å². The summed E-state index contributed by atoms with van der Waals surface area (Å²) in [5, 5.41) is 0. The summed E-state index contributed by atoms with van der Waals surface area (Å²) in [5.74, 6) is 0.890. The SMILES string of the molecule is COc1ccc(CN(C(=O)c2ccc(C)nc2)C2CC2)cc1. The Morgan fingerprint density at radius 3 is 2.50 bits per heavy atom. The molecule has 22 heavy (non-hydrogen) atoms. The van der Waals surface area contributed by atoms with E-state index in [-0.39, 0.29) is 5.91 Å². The van der Waals surface area contributed by atoms with Crippen LogP contribution in [0, 0.1) is 6.92 Å². The number of amides is 1. The summed E-state index contributed by atoms with van der Waals surface area (Å²) in [6.45, 7) is 2.55. The second kappa shape index (κ2) is 6.18. The lowest BCUT2D eigenvalue weighted by atomic mass is 10.1. The van der Waals surface area contributed by atoms with Crippen molar-refractivity contribution in [3.63, 3.8) is 0 Å². The second-order valence-electron chi connectivity index (χ2n) is 5.70. The number of nitrogens with zero attached hydrogens (tertiary/aromatic N) is 2. The zero-order chi connectivity index (χ0) is 15.5. The Labute approximate surface area is 130 Å². The number of aromatic nitrogens is 1. The first-order valence-corrected chi connectivity index (χ1v) is 7.54. The van der Waals surface area contributed by atoms with Crippen molar-refractivity contribution >= 4 is 5.91 Å². The number of benzene rings is 1. The van der Waals surface area contributed by atoms with Gasteiger partial charge in [0, 0.05) is 24.5 Å². The Bertz CT molecular complexity index is 646. The van der Waals surface area contributed by atoms with Gasteiger partial charge in [-0.25, -0.2) is 0 Å². The van der Waals surface area contributed by atoms with Gasteiger partial charge in [0.25, 0.3) is 5.91 Å². The van der Waals surface area contributed by atoms with Gasteiger partial charge in [0.1, 0.15) is 5.75 Å². The summed E-state index contributed by atoms with van der Waals surface area (Å²) >= 11 is 0. The highest BCUT2D eigenvalue weighted by Gasteiger charge is 2.33. The van der Waals surface area contributed by atoms with E-state index in [9.17, 15) is 4.79 Å². The van der Waals surface area contributed by atoms with Gasteiger partial charge in [0.15, 0.2) is 0 Å². The third-order valence-corrected chi connectivity index (χ3v) is 3.92. The van der Waals surface area contributed by atoms with E-state index in [0.29, 0.717) is 18.2 Å². The molecule has 1 aromatic carbocycles. The molecule has 114 valence electrons. The Morgan fingerprint density at radius 1 is 1.23 bits per heavy atom. The van der Waals surface area contributed by atoms with Crippen molar-refractivity contribution in [2.45, 2.75) is 32.4 Å². The van der Waals surface area contributed by atoms with E-state index < -0.39 is 0 Å². The van der Waals surface area contributed by atoms with Gasteiger partial charge in [-0.05, 0) is 49.6 Å². The quantitative estimate of drug-likeness (QED) is 0.851. The maximum Gasteiger partial charge on any atom is 0.255 e. The number of carbonyl (C=O) groups is 1. The zero-order valence-electron chi connectivity index (χ0n) is 13.0. The maximum atomic E-state index is 12.7. The van der Waals surface area contributed by atoms with Crippen LogP contribution in [0.15, 0.2) is 42.6 Å². The van der Waals surface area contributed by atoms with Crippen LogP contribution in [0.25, 0.3) is 0 Å². The van der Waals surface area contributed by atoms with Gasteiger partial charge >= 0.3 is 0 Å². The molecule has 4 nitrogen and oxygen atoms in total. The Morgan fingerprint density at radius 2 is 1.95 bits per heavy atom. The molecule has 3 rings (SSSR count). The number of methoxy groups -OCH3 is 1. The molecule has 2 aromatic rings. The maximum absolute atomic E-state index is 12.7. The van der Waals surface area contributed by atoms with Crippen LogP contribution in [0.3, 0.4) is 0 Å². The zero-order valence-corrected chi connectivity index (χ0v) is 13.0. The molecule has 0 saturated heterocycles. The highest BCUT2D eigenvalue weighted by atomic mass is 16.5. The average molecular weight is 296 g/mol. The molecule has 0 bridgehead atoms. The normalized spacial score (nSPS) is 13.7. The van der Waals surface area contributed by atoms with Crippen molar-refractivity contribution in [1.82, 2.24) is 9.88 Å². The standard InChI is InChI=1S/C18H20N2O2/c1-13-3-6-15(11-19-13)18(21)20(16-7-8-16)12-14-4-9-17(22-2)10-5-14/h3-6,9-11,16H,7-8,12H2,1-2H3. The first-order chi connectivity index (χ1) is 10.7. The summed E-state index contributed by atoms with van der Waals surface area (Å²) < 4.78 is 5.17. The monoisotopic (exact) mass is 296 g/mol. The molecule has 0 spiro atoms. The minimum Gasteiger partial charge on any atom is -0.497 e. The van der Waals surface area contributed by atoms with Gasteiger partial charge in [-0.1, -0.05) is 12.1 Å². The van der Waals surface area contributed by atoms with E-state index in [1.165, 1.54) is 0 Å². The second-order valence-corrected chi connectivity index (χ2v) is 5.70. The molecule has 1 aromatic heterocycles. The minimum absolute atomic E-state index is 0.0609. The van der Waals surface area contributed by atoms with Gasteiger partial charge < -0.3 is 9.64 Å². The number of rotatable bonds is 5. The summed E-state index contributed by atoms with van der Waals surface area (Å²) in [7, 11) is 1.65. The first kappa shape index (κ1) is 14.6. The Hall–Kier alpha value is -2.36. The van der Waals surface area contributed by atoms with Gasteiger partial charge in [-0.3, -0.25) is 9.78 Å². The fourth-order valence-electron chi connectivity index (χ4n) is 2.44. The number of carbonyl (C=O) groups excluding carboxylic acids is 1. The third-order valence-electron chi connectivity index (χ3n) is 3.92.